The maximum Gasteiger partial charge on any atom is 0.308 e. The lowest BCUT2D eigenvalue weighted by Gasteiger charge is -2.60. The Morgan fingerprint density at radius 2 is 1.82 bits per heavy atom. The number of esters is 1. The lowest BCUT2D eigenvalue weighted by atomic mass is 9.71. The molecule has 2 aromatic rings. The molecule has 6 atom stereocenters. The monoisotopic (exact) mass is 675 g/mol. The number of fused-ring (bicyclic) bond motifs is 9. The van der Waals surface area contributed by atoms with Crippen LogP contribution in [0.25, 0.3) is 0 Å². The van der Waals surface area contributed by atoms with E-state index in [0.717, 1.165) is 16.7 Å². The molecule has 0 radical (unpaired) electrons. The van der Waals surface area contributed by atoms with Gasteiger partial charge in [-0.05, 0) is 57.7 Å². The Kier molecular flexibility index (Phi) is 9.15. The molecule has 4 aliphatic rings. The number of aromatic hydroxyl groups is 1. The molecule has 2 bridgehead atoms. The Hall–Kier alpha value is -4.54. The van der Waals surface area contributed by atoms with E-state index in [9.17, 15) is 24.8 Å². The number of aryl methyl sites for hydroxylation is 1. The normalized spacial score (nSPS) is 24.2. The van der Waals surface area contributed by atoms with Gasteiger partial charge in [0, 0.05) is 54.2 Å². The third-order valence-corrected chi connectivity index (χ3v) is 10.3. The Balaban J connectivity index is 1.50. The van der Waals surface area contributed by atoms with Crippen molar-refractivity contribution in [3.05, 3.63) is 39.4 Å². The van der Waals surface area contributed by atoms with E-state index < -0.39 is 30.1 Å². The molecule has 2 aromatic carbocycles. The minimum atomic E-state index is -0.803. The summed E-state index contributed by atoms with van der Waals surface area (Å²) in [5, 5.41) is 28.4. The second kappa shape index (κ2) is 13.1. The van der Waals surface area contributed by atoms with Crippen molar-refractivity contribution in [3.8, 4) is 34.8 Å². The van der Waals surface area contributed by atoms with Crippen LogP contribution in [0.4, 0.5) is 0 Å². The van der Waals surface area contributed by atoms with Gasteiger partial charge in [-0.15, -0.1) is 0 Å². The number of amides is 2. The first-order chi connectivity index (χ1) is 23.3. The van der Waals surface area contributed by atoms with Gasteiger partial charge in [0.15, 0.2) is 23.0 Å². The van der Waals surface area contributed by atoms with Gasteiger partial charge in [0.1, 0.15) is 17.8 Å². The van der Waals surface area contributed by atoms with Crippen LogP contribution in [0.15, 0.2) is 6.07 Å². The highest BCUT2D eigenvalue weighted by Crippen LogP contribution is 2.58. The van der Waals surface area contributed by atoms with Gasteiger partial charge in [-0.3, -0.25) is 24.2 Å². The van der Waals surface area contributed by atoms with Crippen LogP contribution in [0.1, 0.15) is 79.6 Å². The van der Waals surface area contributed by atoms with Crippen molar-refractivity contribution in [1.82, 2.24) is 20.4 Å². The molecule has 6 rings (SSSR count). The van der Waals surface area contributed by atoms with Crippen molar-refractivity contribution in [2.24, 2.45) is 5.92 Å². The van der Waals surface area contributed by atoms with E-state index in [1.54, 1.807) is 6.92 Å². The molecule has 2 unspecified atom stereocenters. The van der Waals surface area contributed by atoms with Crippen LogP contribution in [-0.4, -0.2) is 84.4 Å². The summed E-state index contributed by atoms with van der Waals surface area (Å²) >= 11 is 0. The van der Waals surface area contributed by atoms with Gasteiger partial charge in [-0.2, -0.15) is 5.26 Å². The number of methoxy groups -OCH3 is 1. The zero-order valence-corrected chi connectivity index (χ0v) is 29.3. The zero-order chi connectivity index (χ0) is 35.5. The number of nitriles is 1. The average molecular weight is 676 g/mol. The molecule has 3 N–H and O–H groups in total. The van der Waals surface area contributed by atoms with Crippen LogP contribution in [0.5, 0.6) is 28.7 Å². The number of carbonyl (C=O) groups is 3. The van der Waals surface area contributed by atoms with Crippen molar-refractivity contribution in [2.45, 2.75) is 97.1 Å². The third kappa shape index (κ3) is 5.70. The summed E-state index contributed by atoms with van der Waals surface area (Å²) in [6.07, 6.45) is 1.15. The summed E-state index contributed by atoms with van der Waals surface area (Å²) in [6.45, 7) is 10.6. The van der Waals surface area contributed by atoms with Crippen LogP contribution in [0, 0.1) is 31.1 Å². The second-order valence-electron chi connectivity index (χ2n) is 14.0. The predicted octanol–water partition coefficient (Wildman–Crippen LogP) is 3.11. The summed E-state index contributed by atoms with van der Waals surface area (Å²) < 4.78 is 23.5. The van der Waals surface area contributed by atoms with E-state index in [2.05, 4.69) is 26.5 Å². The van der Waals surface area contributed by atoms with Crippen LogP contribution in [-0.2, 0) is 27.2 Å². The largest absolute Gasteiger partial charge is 0.504 e. The number of ether oxygens (including phenoxy) is 4. The molecule has 1 saturated heterocycles. The molecule has 0 aliphatic carbocycles. The summed E-state index contributed by atoms with van der Waals surface area (Å²) in [5.41, 5.74) is 4.49. The summed E-state index contributed by atoms with van der Waals surface area (Å²) in [4.78, 5) is 42.8. The molecule has 4 aliphatic heterocycles. The summed E-state index contributed by atoms with van der Waals surface area (Å²) in [6, 6.07) is 1.52. The van der Waals surface area contributed by atoms with E-state index in [0.29, 0.717) is 59.0 Å². The summed E-state index contributed by atoms with van der Waals surface area (Å²) in [7, 11) is 3.50. The molecule has 0 saturated carbocycles. The number of nitrogens with one attached hydrogen (secondary N) is 2. The number of hydrogen-bond acceptors (Lipinski definition) is 11. The van der Waals surface area contributed by atoms with E-state index in [1.807, 2.05) is 40.8 Å². The minimum absolute atomic E-state index is 0.0381. The molecule has 262 valence electrons. The average Bonchev–Trinajstić information content (AvgIpc) is 3.52. The maximum absolute atomic E-state index is 13.5. The van der Waals surface area contributed by atoms with Crippen LogP contribution in [0.2, 0.25) is 0 Å². The topological polar surface area (TPSA) is 163 Å². The van der Waals surface area contributed by atoms with E-state index in [4.69, 9.17) is 18.9 Å². The van der Waals surface area contributed by atoms with Crippen LogP contribution in [0.3, 0.4) is 0 Å². The first-order valence-corrected chi connectivity index (χ1v) is 16.8. The smallest absolute Gasteiger partial charge is 0.308 e. The van der Waals surface area contributed by atoms with Crippen molar-refractivity contribution < 1.29 is 38.4 Å². The first-order valence-electron chi connectivity index (χ1n) is 16.8. The van der Waals surface area contributed by atoms with Gasteiger partial charge in [0.25, 0.3) is 0 Å². The zero-order valence-electron chi connectivity index (χ0n) is 29.3. The van der Waals surface area contributed by atoms with Crippen molar-refractivity contribution >= 4 is 17.8 Å². The van der Waals surface area contributed by atoms with E-state index in [1.165, 1.54) is 14.0 Å². The van der Waals surface area contributed by atoms with Crippen molar-refractivity contribution in [1.29, 1.82) is 5.26 Å². The van der Waals surface area contributed by atoms with Crippen molar-refractivity contribution in [3.63, 3.8) is 0 Å². The highest BCUT2D eigenvalue weighted by Gasteiger charge is 2.57. The fourth-order valence-corrected chi connectivity index (χ4v) is 8.40. The highest BCUT2D eigenvalue weighted by atomic mass is 16.7. The number of benzene rings is 2. The van der Waals surface area contributed by atoms with Gasteiger partial charge in [-0.1, -0.05) is 19.9 Å². The molecule has 49 heavy (non-hydrogen) atoms. The van der Waals surface area contributed by atoms with Crippen LogP contribution >= 0.6 is 0 Å². The number of nitrogens with zero attached hydrogens (tertiary/aromatic N) is 3. The van der Waals surface area contributed by atoms with Gasteiger partial charge in [0.2, 0.25) is 18.6 Å². The van der Waals surface area contributed by atoms with Gasteiger partial charge < -0.3 is 34.7 Å². The Morgan fingerprint density at radius 1 is 1.10 bits per heavy atom. The Labute approximate surface area is 286 Å². The molecule has 13 heteroatoms. The number of carbonyl (C=O) groups excluding carboxylic acids is 3. The molecular weight excluding hydrogens is 630 g/mol. The fourth-order valence-electron chi connectivity index (χ4n) is 8.40. The molecule has 13 nitrogen and oxygen atoms in total. The Bertz CT molecular complexity index is 1750. The third-order valence-electron chi connectivity index (χ3n) is 10.3. The lowest BCUT2D eigenvalue weighted by Crippen LogP contribution is -2.69. The first kappa shape index (κ1) is 34.3. The molecular formula is C36H45N5O8. The number of phenolic OH excluding ortho intramolecular Hbond substituents is 1. The molecule has 0 spiro atoms. The molecule has 2 amide bonds. The number of piperazine rings is 1. The van der Waals surface area contributed by atoms with E-state index in [-0.39, 0.29) is 48.9 Å². The SMILES string of the molecule is COc1c(C)cc2c(c1O)[C@@H]1C3Cc4c(OC(C)=O)c(C)c5c(c4[C@H](CNC(=O)C(C)NC(=O)CC(C)C)N3[C@@H](C#N)[C@@H](C2)N1C)OCO5. The highest BCUT2D eigenvalue weighted by molar-refractivity contribution is 5.87. The molecule has 0 aromatic heterocycles. The summed E-state index contributed by atoms with van der Waals surface area (Å²) in [5.74, 6) is 0.791. The number of likely N-dealkylation sites (N-methyl/N-ethyl adjacent to an activating group) is 1. The molecule has 1 fully saturated rings. The number of phenols is 1. The predicted molar refractivity (Wildman–Crippen MR) is 178 cm³/mol. The second-order valence-corrected chi connectivity index (χ2v) is 14.0. The van der Waals surface area contributed by atoms with E-state index >= 15 is 0 Å². The fraction of sp³-hybridized carbons (Fsp3) is 0.556. The number of hydrogen-bond donors (Lipinski definition) is 3. The standard InChI is InChI=1S/C36H45N5O8/c1-16(2)9-27(43)39-19(5)36(45)38-14-26-29-22(33(49-20(6)42)18(4)34-35(29)48-15-47-34)12-24-30-28-21(10-17(3)32(46-8)31(28)44)11-23(40(30)7)25(13-37)41(24)26/h10,16,19,23-26,30,44H,9,11-12,14-15H2,1-8H3,(H,38,45)(H,39,43)/t19?,23-,24?,25+,26+,30+/m1/s1. The van der Waals surface area contributed by atoms with Gasteiger partial charge in [-0.25, -0.2) is 0 Å². The lowest BCUT2D eigenvalue weighted by molar-refractivity contribution is -0.132. The Morgan fingerprint density at radius 3 is 2.47 bits per heavy atom. The quantitative estimate of drug-likeness (QED) is 0.278. The molecule has 4 heterocycles. The van der Waals surface area contributed by atoms with Gasteiger partial charge in [0.05, 0.1) is 25.3 Å². The number of rotatable bonds is 8. The van der Waals surface area contributed by atoms with Gasteiger partial charge >= 0.3 is 5.97 Å². The van der Waals surface area contributed by atoms with Crippen molar-refractivity contribution in [2.75, 3.05) is 27.5 Å². The maximum atomic E-state index is 13.5. The minimum Gasteiger partial charge on any atom is -0.504 e. The van der Waals surface area contributed by atoms with Crippen LogP contribution < -0.4 is 29.6 Å².